The zero-order valence-corrected chi connectivity index (χ0v) is 13.7. The van der Waals surface area contributed by atoms with Crippen LogP contribution in [0, 0.1) is 6.92 Å². The van der Waals surface area contributed by atoms with Crippen LogP contribution in [0.3, 0.4) is 0 Å². The van der Waals surface area contributed by atoms with Crippen molar-refractivity contribution in [1.82, 2.24) is 10.6 Å². The molecule has 0 saturated heterocycles. The molecule has 0 fully saturated rings. The molecule has 0 spiro atoms. The zero-order chi connectivity index (χ0) is 17.4. The fourth-order valence-corrected chi connectivity index (χ4v) is 2.27. The number of hydrogen-bond donors (Lipinski definition) is 3. The molecule has 3 N–H and O–H groups in total. The second-order valence-electron chi connectivity index (χ2n) is 5.63. The molecule has 0 aliphatic rings. The van der Waals surface area contributed by atoms with Crippen LogP contribution >= 0.6 is 0 Å². The van der Waals surface area contributed by atoms with Gasteiger partial charge in [-0.05, 0) is 36.6 Å². The molecule has 0 aromatic heterocycles. The maximum absolute atomic E-state index is 11.9. The van der Waals surface area contributed by atoms with Crippen molar-refractivity contribution in [2.24, 2.45) is 0 Å². The smallest absolute Gasteiger partial charge is 0.251 e. The number of aliphatic hydroxyl groups excluding tert-OH is 1. The van der Waals surface area contributed by atoms with Gasteiger partial charge in [0.05, 0.1) is 13.2 Å². The van der Waals surface area contributed by atoms with E-state index >= 15 is 0 Å². The third-order valence-electron chi connectivity index (χ3n) is 3.63. The quantitative estimate of drug-likeness (QED) is 0.723. The lowest BCUT2D eigenvalue weighted by Crippen LogP contribution is -2.37. The van der Waals surface area contributed by atoms with Gasteiger partial charge in [-0.2, -0.15) is 0 Å². The topological polar surface area (TPSA) is 78.4 Å². The number of hydrogen-bond acceptors (Lipinski definition) is 3. The molecule has 5 nitrogen and oxygen atoms in total. The van der Waals surface area contributed by atoms with Crippen LogP contribution in [0.25, 0.3) is 0 Å². The van der Waals surface area contributed by atoms with Crippen LogP contribution in [0.15, 0.2) is 48.5 Å². The summed E-state index contributed by atoms with van der Waals surface area (Å²) in [5.41, 5.74) is 3.49. The Morgan fingerprint density at radius 1 is 1.00 bits per heavy atom. The number of benzene rings is 2. The third kappa shape index (κ3) is 5.52. The van der Waals surface area contributed by atoms with Gasteiger partial charge in [-0.3, -0.25) is 9.59 Å². The van der Waals surface area contributed by atoms with E-state index in [0.717, 1.165) is 16.7 Å². The summed E-state index contributed by atoms with van der Waals surface area (Å²) in [4.78, 5) is 23.7. The minimum Gasteiger partial charge on any atom is -0.392 e. The number of carbonyl (C=O) groups excluding carboxylic acids is 2. The number of aliphatic hydroxyl groups is 1. The Bertz CT molecular complexity index is 696. The highest BCUT2D eigenvalue weighted by atomic mass is 16.3. The molecule has 0 atom stereocenters. The number of carbonyl (C=O) groups is 2. The average molecular weight is 326 g/mol. The van der Waals surface area contributed by atoms with Crippen molar-refractivity contribution in [3.8, 4) is 0 Å². The first kappa shape index (κ1) is 17.7. The van der Waals surface area contributed by atoms with E-state index < -0.39 is 0 Å². The highest BCUT2D eigenvalue weighted by molar-refractivity contribution is 5.96. The molecular formula is C19H22N2O3. The lowest BCUT2D eigenvalue weighted by atomic mass is 10.1. The van der Waals surface area contributed by atoms with Crippen LogP contribution in [0.1, 0.15) is 27.0 Å². The molecule has 0 unspecified atom stereocenters. The molecule has 0 aliphatic carbocycles. The summed E-state index contributed by atoms with van der Waals surface area (Å²) < 4.78 is 0. The van der Waals surface area contributed by atoms with Crippen molar-refractivity contribution in [1.29, 1.82) is 0 Å². The van der Waals surface area contributed by atoms with Crippen molar-refractivity contribution in [2.75, 3.05) is 13.1 Å². The summed E-state index contributed by atoms with van der Waals surface area (Å²) in [6.07, 6.45) is 0.698. The van der Waals surface area contributed by atoms with Gasteiger partial charge in [0, 0.05) is 12.1 Å². The standard InChI is InChI=1S/C19H22N2O3/c1-14-3-2-4-17(11-14)19(24)21-12-18(23)20-10-9-15-5-7-16(13-22)8-6-15/h2-8,11,22H,9-10,12-13H2,1H3,(H,20,23)(H,21,24). The van der Waals surface area contributed by atoms with Crippen LogP contribution in [0.4, 0.5) is 0 Å². The summed E-state index contributed by atoms with van der Waals surface area (Å²) in [6.45, 7) is 2.39. The first-order chi connectivity index (χ1) is 11.6. The van der Waals surface area contributed by atoms with Gasteiger partial charge in [0.1, 0.15) is 0 Å². The third-order valence-corrected chi connectivity index (χ3v) is 3.63. The van der Waals surface area contributed by atoms with Crippen molar-refractivity contribution in [3.05, 3.63) is 70.8 Å². The van der Waals surface area contributed by atoms with Gasteiger partial charge in [-0.15, -0.1) is 0 Å². The Morgan fingerprint density at radius 3 is 2.38 bits per heavy atom. The first-order valence-corrected chi connectivity index (χ1v) is 7.88. The van der Waals surface area contributed by atoms with E-state index in [0.29, 0.717) is 18.5 Å². The number of nitrogens with one attached hydrogen (secondary N) is 2. The molecule has 126 valence electrons. The van der Waals surface area contributed by atoms with Gasteiger partial charge in [0.2, 0.25) is 5.91 Å². The second kappa shape index (κ2) is 8.84. The number of aryl methyl sites for hydroxylation is 1. The van der Waals surface area contributed by atoms with E-state index in [4.69, 9.17) is 5.11 Å². The van der Waals surface area contributed by atoms with E-state index in [1.54, 1.807) is 12.1 Å². The lowest BCUT2D eigenvalue weighted by molar-refractivity contribution is -0.120. The van der Waals surface area contributed by atoms with Crippen LogP contribution in [0.5, 0.6) is 0 Å². The van der Waals surface area contributed by atoms with Gasteiger partial charge in [0.25, 0.3) is 5.91 Å². The van der Waals surface area contributed by atoms with Crippen molar-refractivity contribution in [3.63, 3.8) is 0 Å². The maximum atomic E-state index is 11.9. The van der Waals surface area contributed by atoms with Crippen molar-refractivity contribution < 1.29 is 14.7 Å². The molecule has 0 radical (unpaired) electrons. The van der Waals surface area contributed by atoms with E-state index in [-0.39, 0.29) is 25.0 Å². The van der Waals surface area contributed by atoms with Gasteiger partial charge < -0.3 is 15.7 Å². The summed E-state index contributed by atoms with van der Waals surface area (Å²) in [5, 5.41) is 14.4. The number of rotatable bonds is 7. The molecule has 5 heteroatoms. The molecule has 2 rings (SSSR count). The Morgan fingerprint density at radius 2 is 1.71 bits per heavy atom. The number of amides is 2. The summed E-state index contributed by atoms with van der Waals surface area (Å²) in [5.74, 6) is -0.476. The Hall–Kier alpha value is -2.66. The molecule has 0 heterocycles. The van der Waals surface area contributed by atoms with Gasteiger partial charge >= 0.3 is 0 Å². The van der Waals surface area contributed by atoms with Crippen molar-refractivity contribution >= 4 is 11.8 Å². The SMILES string of the molecule is Cc1cccc(C(=O)NCC(=O)NCCc2ccc(CO)cc2)c1. The molecule has 2 amide bonds. The minimum absolute atomic E-state index is 0.0254. The van der Waals surface area contributed by atoms with E-state index in [9.17, 15) is 9.59 Å². The highest BCUT2D eigenvalue weighted by Crippen LogP contribution is 2.05. The maximum Gasteiger partial charge on any atom is 0.251 e. The Kier molecular flexibility index (Phi) is 6.51. The van der Waals surface area contributed by atoms with Gasteiger partial charge in [-0.25, -0.2) is 0 Å². The van der Waals surface area contributed by atoms with Crippen LogP contribution in [0.2, 0.25) is 0 Å². The molecule has 24 heavy (non-hydrogen) atoms. The summed E-state index contributed by atoms with van der Waals surface area (Å²) in [6, 6.07) is 14.8. The molecule has 2 aromatic rings. The highest BCUT2D eigenvalue weighted by Gasteiger charge is 2.07. The van der Waals surface area contributed by atoms with Crippen LogP contribution in [-0.2, 0) is 17.8 Å². The summed E-state index contributed by atoms with van der Waals surface area (Å²) >= 11 is 0. The first-order valence-electron chi connectivity index (χ1n) is 7.88. The van der Waals surface area contributed by atoms with E-state index in [1.807, 2.05) is 43.3 Å². The predicted octanol–water partition coefficient (Wildman–Crippen LogP) is 1.58. The van der Waals surface area contributed by atoms with Gasteiger partial charge in [0.15, 0.2) is 0 Å². The average Bonchev–Trinajstić information content (AvgIpc) is 2.60. The molecule has 0 bridgehead atoms. The molecule has 0 aliphatic heterocycles. The fourth-order valence-electron chi connectivity index (χ4n) is 2.27. The normalized spacial score (nSPS) is 10.2. The predicted molar refractivity (Wildman–Crippen MR) is 92.6 cm³/mol. The van der Waals surface area contributed by atoms with Crippen LogP contribution in [-0.4, -0.2) is 30.0 Å². The summed E-state index contributed by atoms with van der Waals surface area (Å²) in [7, 11) is 0. The molecule has 2 aromatic carbocycles. The Balaban J connectivity index is 1.70. The lowest BCUT2D eigenvalue weighted by Gasteiger charge is -2.08. The van der Waals surface area contributed by atoms with Gasteiger partial charge in [-0.1, -0.05) is 42.0 Å². The molecule has 0 saturated carbocycles. The molecular weight excluding hydrogens is 304 g/mol. The van der Waals surface area contributed by atoms with Crippen LogP contribution < -0.4 is 10.6 Å². The van der Waals surface area contributed by atoms with E-state index in [1.165, 1.54) is 0 Å². The largest absolute Gasteiger partial charge is 0.392 e. The monoisotopic (exact) mass is 326 g/mol. The zero-order valence-electron chi connectivity index (χ0n) is 13.7. The minimum atomic E-state index is -0.256. The fraction of sp³-hybridized carbons (Fsp3) is 0.263. The van der Waals surface area contributed by atoms with Crippen molar-refractivity contribution in [2.45, 2.75) is 20.0 Å². The van der Waals surface area contributed by atoms with E-state index in [2.05, 4.69) is 10.6 Å². The second-order valence-corrected chi connectivity index (χ2v) is 5.63. The Labute approximate surface area is 141 Å².